The van der Waals surface area contributed by atoms with Crippen molar-refractivity contribution < 1.29 is 4.79 Å². The van der Waals surface area contributed by atoms with Gasteiger partial charge >= 0.3 is 0 Å². The molecule has 1 unspecified atom stereocenters. The number of nitrogens with two attached hydrogens (primary N) is 1. The Labute approximate surface area is 103 Å². The van der Waals surface area contributed by atoms with Gasteiger partial charge in [-0.3, -0.25) is 4.79 Å². The first kappa shape index (κ1) is 13.4. The summed E-state index contributed by atoms with van der Waals surface area (Å²) in [5, 5.41) is 2.93. The van der Waals surface area contributed by atoms with Crippen molar-refractivity contribution in [3.8, 4) is 0 Å². The summed E-state index contributed by atoms with van der Waals surface area (Å²) in [4.78, 5) is 12.1. The average molecular weight is 242 g/mol. The molecule has 1 aliphatic carbocycles. The third-order valence-electron chi connectivity index (χ3n) is 3.17. The monoisotopic (exact) mass is 242 g/mol. The van der Waals surface area contributed by atoms with E-state index in [2.05, 4.69) is 5.32 Å². The summed E-state index contributed by atoms with van der Waals surface area (Å²) < 4.78 is 0. The minimum Gasteiger partial charge on any atom is -0.393 e. The molecule has 0 radical (unpaired) electrons. The van der Waals surface area contributed by atoms with Crippen LogP contribution in [0, 0.1) is 5.92 Å². The molecule has 0 spiro atoms. The zero-order valence-electron chi connectivity index (χ0n) is 10.00. The molecular weight excluding hydrogens is 220 g/mol. The van der Waals surface area contributed by atoms with Crippen LogP contribution in [-0.4, -0.2) is 16.9 Å². The summed E-state index contributed by atoms with van der Waals surface area (Å²) in [7, 11) is 0. The van der Waals surface area contributed by atoms with Gasteiger partial charge < -0.3 is 11.1 Å². The number of carbonyl (C=O) groups excluding carboxylic acids is 1. The summed E-state index contributed by atoms with van der Waals surface area (Å²) in [6, 6.07) is 0.0635. The standard InChI is InChI=1S/C12H22N2OS/c1-9(8-11(13)16)14-12(15)7-6-10-4-2-3-5-10/h9-10H,2-8H2,1H3,(H2,13,16)(H,14,15). The van der Waals surface area contributed by atoms with Gasteiger partial charge in [-0.25, -0.2) is 0 Å². The second-order valence-electron chi connectivity index (χ2n) is 4.83. The zero-order valence-corrected chi connectivity index (χ0v) is 10.8. The third kappa shape index (κ3) is 5.45. The van der Waals surface area contributed by atoms with Crippen molar-refractivity contribution in [1.82, 2.24) is 5.32 Å². The maximum absolute atomic E-state index is 11.6. The molecule has 0 heterocycles. The largest absolute Gasteiger partial charge is 0.393 e. The highest BCUT2D eigenvalue weighted by Gasteiger charge is 2.16. The highest BCUT2D eigenvalue weighted by atomic mass is 32.1. The summed E-state index contributed by atoms with van der Waals surface area (Å²) in [6.07, 6.45) is 7.54. The molecule has 0 aromatic heterocycles. The molecule has 0 aromatic rings. The van der Waals surface area contributed by atoms with Crippen molar-refractivity contribution in [2.24, 2.45) is 11.7 Å². The second kappa shape index (κ2) is 6.84. The Bertz CT molecular complexity index is 249. The van der Waals surface area contributed by atoms with Gasteiger partial charge in [-0.05, 0) is 19.3 Å². The van der Waals surface area contributed by atoms with Gasteiger partial charge in [0.1, 0.15) is 0 Å². The van der Waals surface area contributed by atoms with Crippen molar-refractivity contribution in [2.45, 2.75) is 57.9 Å². The molecule has 4 heteroatoms. The van der Waals surface area contributed by atoms with Gasteiger partial charge in [0.15, 0.2) is 0 Å². The first-order chi connectivity index (χ1) is 7.58. The number of amides is 1. The first-order valence-corrected chi connectivity index (χ1v) is 6.56. The van der Waals surface area contributed by atoms with E-state index in [0.29, 0.717) is 17.8 Å². The second-order valence-corrected chi connectivity index (χ2v) is 5.35. The van der Waals surface area contributed by atoms with E-state index in [0.717, 1.165) is 12.3 Å². The predicted molar refractivity (Wildman–Crippen MR) is 70.2 cm³/mol. The maximum atomic E-state index is 11.6. The molecular formula is C12H22N2OS. The van der Waals surface area contributed by atoms with Crippen LogP contribution in [0.2, 0.25) is 0 Å². The molecule has 0 aromatic carbocycles. The van der Waals surface area contributed by atoms with Crippen LogP contribution >= 0.6 is 12.2 Å². The molecule has 3 nitrogen and oxygen atoms in total. The van der Waals surface area contributed by atoms with Gasteiger partial charge in [-0.15, -0.1) is 0 Å². The fraction of sp³-hybridized carbons (Fsp3) is 0.833. The molecule has 1 saturated carbocycles. The Morgan fingerprint density at radius 2 is 2.12 bits per heavy atom. The van der Waals surface area contributed by atoms with Crippen LogP contribution in [0.1, 0.15) is 51.9 Å². The lowest BCUT2D eigenvalue weighted by Gasteiger charge is -2.14. The lowest BCUT2D eigenvalue weighted by atomic mass is 10.0. The molecule has 0 saturated heterocycles. The van der Waals surface area contributed by atoms with Crippen molar-refractivity contribution in [2.75, 3.05) is 0 Å². The van der Waals surface area contributed by atoms with Gasteiger partial charge in [0.25, 0.3) is 0 Å². The number of carbonyl (C=O) groups is 1. The molecule has 92 valence electrons. The van der Waals surface area contributed by atoms with Crippen LogP contribution in [0.3, 0.4) is 0 Å². The van der Waals surface area contributed by atoms with E-state index in [1.165, 1.54) is 25.7 Å². The van der Waals surface area contributed by atoms with Gasteiger partial charge in [0, 0.05) is 18.9 Å². The van der Waals surface area contributed by atoms with E-state index < -0.39 is 0 Å². The average Bonchev–Trinajstić information content (AvgIpc) is 2.65. The topological polar surface area (TPSA) is 55.1 Å². The van der Waals surface area contributed by atoms with Crippen LogP contribution in [0.15, 0.2) is 0 Å². The number of nitrogens with one attached hydrogen (secondary N) is 1. The van der Waals surface area contributed by atoms with Crippen LogP contribution in [0.4, 0.5) is 0 Å². The number of thiocarbonyl (C=S) groups is 1. The fourth-order valence-corrected chi connectivity index (χ4v) is 2.58. The van der Waals surface area contributed by atoms with E-state index in [1.54, 1.807) is 0 Å². The van der Waals surface area contributed by atoms with E-state index in [-0.39, 0.29) is 11.9 Å². The molecule has 3 N–H and O–H groups in total. The summed E-state index contributed by atoms with van der Waals surface area (Å²) in [6.45, 7) is 1.94. The number of hydrogen-bond acceptors (Lipinski definition) is 2. The molecule has 16 heavy (non-hydrogen) atoms. The fourth-order valence-electron chi connectivity index (χ4n) is 2.33. The van der Waals surface area contributed by atoms with Gasteiger partial charge in [0.05, 0.1) is 4.99 Å². The Hall–Kier alpha value is -0.640. The maximum Gasteiger partial charge on any atom is 0.220 e. The minimum absolute atomic E-state index is 0.0635. The summed E-state index contributed by atoms with van der Waals surface area (Å²) in [5.41, 5.74) is 5.42. The highest BCUT2D eigenvalue weighted by molar-refractivity contribution is 7.80. The Morgan fingerprint density at radius 1 is 1.50 bits per heavy atom. The molecule has 1 rings (SSSR count). The van der Waals surface area contributed by atoms with Gasteiger partial charge in [0.2, 0.25) is 5.91 Å². The quantitative estimate of drug-likeness (QED) is 0.702. The SMILES string of the molecule is CC(CC(N)=S)NC(=O)CCC1CCCC1. The molecule has 1 aliphatic rings. The summed E-state index contributed by atoms with van der Waals surface area (Å²) >= 11 is 4.80. The van der Waals surface area contributed by atoms with Crippen LogP contribution in [-0.2, 0) is 4.79 Å². The van der Waals surface area contributed by atoms with E-state index in [4.69, 9.17) is 18.0 Å². The third-order valence-corrected chi connectivity index (χ3v) is 3.34. The molecule has 1 fully saturated rings. The minimum atomic E-state index is 0.0635. The lowest BCUT2D eigenvalue weighted by molar-refractivity contribution is -0.121. The number of rotatable bonds is 6. The first-order valence-electron chi connectivity index (χ1n) is 6.15. The lowest BCUT2D eigenvalue weighted by Crippen LogP contribution is -2.35. The van der Waals surface area contributed by atoms with Crippen LogP contribution in [0.5, 0.6) is 0 Å². The van der Waals surface area contributed by atoms with Gasteiger partial charge in [-0.2, -0.15) is 0 Å². The Morgan fingerprint density at radius 3 is 2.69 bits per heavy atom. The highest BCUT2D eigenvalue weighted by Crippen LogP contribution is 2.28. The van der Waals surface area contributed by atoms with Crippen molar-refractivity contribution in [1.29, 1.82) is 0 Å². The molecule has 1 amide bonds. The number of hydrogen-bond donors (Lipinski definition) is 2. The van der Waals surface area contributed by atoms with E-state index in [1.807, 2.05) is 6.92 Å². The molecule has 0 aliphatic heterocycles. The van der Waals surface area contributed by atoms with E-state index >= 15 is 0 Å². The van der Waals surface area contributed by atoms with E-state index in [9.17, 15) is 4.79 Å². The summed E-state index contributed by atoms with van der Waals surface area (Å²) in [5.74, 6) is 0.910. The predicted octanol–water partition coefficient (Wildman–Crippen LogP) is 2.14. The van der Waals surface area contributed by atoms with Gasteiger partial charge in [-0.1, -0.05) is 37.9 Å². The molecule has 0 bridgehead atoms. The van der Waals surface area contributed by atoms with Crippen LogP contribution < -0.4 is 11.1 Å². The van der Waals surface area contributed by atoms with Crippen molar-refractivity contribution >= 4 is 23.1 Å². The van der Waals surface area contributed by atoms with Crippen molar-refractivity contribution in [3.05, 3.63) is 0 Å². The van der Waals surface area contributed by atoms with Crippen LogP contribution in [0.25, 0.3) is 0 Å². The molecule has 1 atom stereocenters. The Kier molecular flexibility index (Phi) is 5.74. The van der Waals surface area contributed by atoms with Crippen molar-refractivity contribution in [3.63, 3.8) is 0 Å². The normalized spacial score (nSPS) is 18.3. The zero-order chi connectivity index (χ0) is 12.0. The Balaban J connectivity index is 2.12. The smallest absolute Gasteiger partial charge is 0.220 e.